The van der Waals surface area contributed by atoms with Crippen molar-refractivity contribution in [3.8, 4) is 0 Å². The van der Waals surface area contributed by atoms with Gasteiger partial charge < -0.3 is 16.2 Å². The van der Waals surface area contributed by atoms with Gasteiger partial charge in [0.05, 0.1) is 5.92 Å². The number of amides is 1. The van der Waals surface area contributed by atoms with Gasteiger partial charge in [-0.05, 0) is 19.4 Å². The van der Waals surface area contributed by atoms with Crippen LogP contribution in [0.15, 0.2) is 0 Å². The molecule has 1 rings (SSSR count). The molecule has 1 aliphatic rings. The lowest BCUT2D eigenvalue weighted by molar-refractivity contribution is -0.153. The summed E-state index contributed by atoms with van der Waals surface area (Å²) in [5, 5.41) is 11.0. The number of aliphatic carboxylic acids is 1. The number of nitrogens with two attached hydrogens (primary N) is 1. The summed E-state index contributed by atoms with van der Waals surface area (Å²) in [6, 6.07) is -0.676. The van der Waals surface area contributed by atoms with Crippen LogP contribution in [0.25, 0.3) is 0 Å². The quantitative estimate of drug-likeness (QED) is 0.391. The number of hydrogen-bond acceptors (Lipinski definition) is 3. The van der Waals surface area contributed by atoms with Crippen LogP contribution < -0.4 is 11.1 Å². The first-order valence-electron chi connectivity index (χ1n) is 4.40. The Hall–Kier alpha value is -1.10. The van der Waals surface area contributed by atoms with Crippen molar-refractivity contribution in [3.63, 3.8) is 0 Å². The number of β-lactam (4-membered cyclic amide) rings is 1. The van der Waals surface area contributed by atoms with E-state index in [0.717, 1.165) is 12.8 Å². The Morgan fingerprint density at radius 2 is 2.23 bits per heavy atom. The molecule has 2 atom stereocenters. The first-order valence-corrected chi connectivity index (χ1v) is 4.40. The third-order valence-electron chi connectivity index (χ3n) is 2.27. The predicted octanol–water partition coefficient (Wildman–Crippen LogP) is -0.685. The maximum Gasteiger partial charge on any atom is 0.327 e. The Kier molecular flexibility index (Phi) is 3.25. The van der Waals surface area contributed by atoms with Crippen LogP contribution in [0.2, 0.25) is 0 Å². The van der Waals surface area contributed by atoms with E-state index in [1.165, 1.54) is 0 Å². The third kappa shape index (κ3) is 2.18. The average Bonchev–Trinajstić information content (AvgIpc) is 2.07. The van der Waals surface area contributed by atoms with Gasteiger partial charge in [0.25, 0.3) is 0 Å². The molecule has 13 heavy (non-hydrogen) atoms. The maximum atomic E-state index is 10.9. The van der Waals surface area contributed by atoms with Crippen LogP contribution in [0.4, 0.5) is 0 Å². The highest BCUT2D eigenvalue weighted by molar-refractivity contribution is 5.96. The summed E-state index contributed by atoms with van der Waals surface area (Å²) in [6.07, 6.45) is 2.29. The lowest BCUT2D eigenvalue weighted by Gasteiger charge is -2.33. The van der Waals surface area contributed by atoms with E-state index >= 15 is 0 Å². The smallest absolute Gasteiger partial charge is 0.327 e. The molecule has 0 bridgehead atoms. The van der Waals surface area contributed by atoms with E-state index < -0.39 is 12.0 Å². The van der Waals surface area contributed by atoms with E-state index in [4.69, 9.17) is 10.8 Å². The van der Waals surface area contributed by atoms with Crippen molar-refractivity contribution in [3.05, 3.63) is 0 Å². The number of carbonyl (C=O) groups is 2. The number of carboxylic acids is 1. The molecule has 1 aliphatic heterocycles. The maximum absolute atomic E-state index is 10.9. The minimum absolute atomic E-state index is 0.149. The number of nitrogens with one attached hydrogen (secondary N) is 1. The molecule has 0 radical (unpaired) electrons. The van der Waals surface area contributed by atoms with Crippen molar-refractivity contribution < 1.29 is 14.7 Å². The Morgan fingerprint density at radius 3 is 2.69 bits per heavy atom. The highest BCUT2D eigenvalue weighted by atomic mass is 16.4. The van der Waals surface area contributed by atoms with E-state index in [0.29, 0.717) is 13.0 Å². The van der Waals surface area contributed by atoms with E-state index in [2.05, 4.69) is 5.32 Å². The molecular formula is C8H14N2O3. The molecule has 5 heteroatoms. The zero-order valence-electron chi connectivity index (χ0n) is 7.32. The fourth-order valence-electron chi connectivity index (χ4n) is 1.46. The second-order valence-electron chi connectivity index (χ2n) is 3.22. The van der Waals surface area contributed by atoms with Gasteiger partial charge in [-0.3, -0.25) is 4.79 Å². The van der Waals surface area contributed by atoms with Crippen molar-refractivity contribution in [1.82, 2.24) is 5.32 Å². The second kappa shape index (κ2) is 4.23. The molecule has 74 valence electrons. The van der Waals surface area contributed by atoms with E-state index in [1.54, 1.807) is 0 Å². The first-order chi connectivity index (χ1) is 6.16. The zero-order chi connectivity index (χ0) is 9.84. The molecule has 1 amide bonds. The summed E-state index contributed by atoms with van der Waals surface area (Å²) in [7, 11) is 0. The van der Waals surface area contributed by atoms with E-state index in [9.17, 15) is 9.59 Å². The van der Waals surface area contributed by atoms with Gasteiger partial charge in [0.1, 0.15) is 6.04 Å². The van der Waals surface area contributed by atoms with Gasteiger partial charge in [0.15, 0.2) is 0 Å². The normalized spacial score (nSPS) is 26.4. The van der Waals surface area contributed by atoms with Gasteiger partial charge in [0.2, 0.25) is 5.91 Å². The molecule has 1 fully saturated rings. The number of rotatable bonds is 5. The lowest BCUT2D eigenvalue weighted by Crippen LogP contribution is -2.61. The van der Waals surface area contributed by atoms with Crippen molar-refractivity contribution >= 4 is 11.9 Å². The van der Waals surface area contributed by atoms with Gasteiger partial charge >= 0.3 is 5.97 Å². The zero-order valence-corrected chi connectivity index (χ0v) is 7.32. The van der Waals surface area contributed by atoms with E-state index in [-0.39, 0.29) is 11.8 Å². The molecule has 1 heterocycles. The highest BCUT2D eigenvalue weighted by Crippen LogP contribution is 2.21. The first kappa shape index (κ1) is 9.98. The topological polar surface area (TPSA) is 92.4 Å². The monoisotopic (exact) mass is 186 g/mol. The van der Waals surface area contributed by atoms with Gasteiger partial charge in [-0.15, -0.1) is 0 Å². The Labute approximate surface area is 76.3 Å². The molecule has 5 nitrogen and oxygen atoms in total. The fraction of sp³-hybridized carbons (Fsp3) is 0.750. The molecule has 1 saturated heterocycles. The number of carbonyl (C=O) groups excluding carboxylic acids is 1. The molecule has 0 aromatic carbocycles. The lowest BCUT2D eigenvalue weighted by atomic mass is 9.86. The fourth-order valence-corrected chi connectivity index (χ4v) is 1.46. The van der Waals surface area contributed by atoms with Crippen LogP contribution in [-0.4, -0.2) is 29.6 Å². The molecule has 0 aromatic heterocycles. The van der Waals surface area contributed by atoms with Crippen LogP contribution in [0.5, 0.6) is 0 Å². The largest absolute Gasteiger partial charge is 0.480 e. The van der Waals surface area contributed by atoms with Crippen LogP contribution in [0.3, 0.4) is 0 Å². The summed E-state index contributed by atoms with van der Waals surface area (Å²) in [5.74, 6) is -1.44. The van der Waals surface area contributed by atoms with Crippen LogP contribution >= 0.6 is 0 Å². The molecule has 0 aliphatic carbocycles. The molecular weight excluding hydrogens is 172 g/mol. The number of hydrogen-bond donors (Lipinski definition) is 3. The molecule has 4 N–H and O–H groups in total. The van der Waals surface area contributed by atoms with Gasteiger partial charge in [-0.25, -0.2) is 4.79 Å². The predicted molar refractivity (Wildman–Crippen MR) is 46.0 cm³/mol. The van der Waals surface area contributed by atoms with Gasteiger partial charge in [0, 0.05) is 0 Å². The molecule has 1 unspecified atom stereocenters. The second-order valence-corrected chi connectivity index (χ2v) is 3.22. The van der Waals surface area contributed by atoms with Crippen molar-refractivity contribution in [2.75, 3.05) is 6.54 Å². The number of carboxylic acid groups (broad SMARTS) is 1. The van der Waals surface area contributed by atoms with E-state index in [1.807, 2.05) is 0 Å². The van der Waals surface area contributed by atoms with Crippen LogP contribution in [-0.2, 0) is 9.59 Å². The van der Waals surface area contributed by atoms with Gasteiger partial charge in [-0.2, -0.15) is 0 Å². The van der Waals surface area contributed by atoms with Crippen LogP contribution in [0, 0.1) is 5.92 Å². The number of unbranched alkanes of at least 4 members (excludes halogenated alkanes) is 1. The van der Waals surface area contributed by atoms with Crippen molar-refractivity contribution in [2.24, 2.45) is 11.7 Å². The Bertz CT molecular complexity index is 217. The summed E-state index contributed by atoms with van der Waals surface area (Å²) >= 11 is 0. The van der Waals surface area contributed by atoms with Crippen LogP contribution in [0.1, 0.15) is 19.3 Å². The minimum Gasteiger partial charge on any atom is -0.480 e. The summed E-state index contributed by atoms with van der Waals surface area (Å²) < 4.78 is 0. The minimum atomic E-state index is -0.947. The third-order valence-corrected chi connectivity index (χ3v) is 2.27. The van der Waals surface area contributed by atoms with Gasteiger partial charge in [-0.1, -0.05) is 6.42 Å². The van der Waals surface area contributed by atoms with Crippen molar-refractivity contribution in [2.45, 2.75) is 25.3 Å². The van der Waals surface area contributed by atoms with Crippen molar-refractivity contribution in [1.29, 1.82) is 0 Å². The summed E-state index contributed by atoms with van der Waals surface area (Å²) in [6.45, 7) is 0.589. The summed E-state index contributed by atoms with van der Waals surface area (Å²) in [5.41, 5.74) is 5.29. The molecule has 0 saturated carbocycles. The standard InChI is InChI=1S/C8H14N2O3/c9-4-2-1-3-5-6(8(12)13)10-7(5)11/h5-6H,1-4,9H2,(H,10,11)(H,12,13)/t5-,6?/m1/s1. The average molecular weight is 186 g/mol. The Morgan fingerprint density at radius 1 is 1.54 bits per heavy atom. The Balaban J connectivity index is 2.30. The summed E-state index contributed by atoms with van der Waals surface area (Å²) in [4.78, 5) is 21.5. The highest BCUT2D eigenvalue weighted by Gasteiger charge is 2.43. The molecule has 0 spiro atoms. The SMILES string of the molecule is NCCCC[C@H]1C(=O)NC1C(=O)O. The molecule has 0 aromatic rings.